The molecule has 1 aromatic rings. The Hall–Kier alpha value is -2.26. The second-order valence-corrected chi connectivity index (χ2v) is 7.41. The summed E-state index contributed by atoms with van der Waals surface area (Å²) < 4.78 is 16.0. The molecular formula is C17H24ClN3O6. The molecule has 10 heteroatoms. The highest BCUT2D eigenvalue weighted by molar-refractivity contribution is 6.29. The summed E-state index contributed by atoms with van der Waals surface area (Å²) in [5, 5.41) is 12.7. The molecule has 1 aromatic heterocycles. The van der Waals surface area contributed by atoms with E-state index in [0.29, 0.717) is 19.6 Å². The SMILES string of the molecule is COc1nc(Cl)cc(OC[C@H]2CN(C(=O)OC(C)(C)C)CCN2)c1C(=O)O. The number of carboxylic acid groups (broad SMARTS) is 1. The molecule has 1 aliphatic heterocycles. The third kappa shape index (κ3) is 5.86. The van der Waals surface area contributed by atoms with E-state index in [2.05, 4.69) is 10.3 Å². The van der Waals surface area contributed by atoms with Gasteiger partial charge >= 0.3 is 12.1 Å². The fourth-order valence-corrected chi connectivity index (χ4v) is 2.72. The van der Waals surface area contributed by atoms with Crippen molar-refractivity contribution in [1.29, 1.82) is 0 Å². The van der Waals surface area contributed by atoms with Crippen molar-refractivity contribution in [3.05, 3.63) is 16.8 Å². The molecule has 0 bridgehead atoms. The number of carbonyl (C=O) groups is 2. The minimum Gasteiger partial charge on any atom is -0.491 e. The number of ether oxygens (including phenoxy) is 3. The number of pyridine rings is 1. The molecule has 1 aliphatic rings. The predicted molar refractivity (Wildman–Crippen MR) is 97.9 cm³/mol. The van der Waals surface area contributed by atoms with E-state index in [1.165, 1.54) is 13.2 Å². The van der Waals surface area contributed by atoms with Crippen molar-refractivity contribution in [3.8, 4) is 11.6 Å². The van der Waals surface area contributed by atoms with Gasteiger partial charge in [0.05, 0.1) is 13.2 Å². The molecular weight excluding hydrogens is 378 g/mol. The summed E-state index contributed by atoms with van der Waals surface area (Å²) >= 11 is 5.90. The van der Waals surface area contributed by atoms with Gasteiger partial charge in [-0.05, 0) is 20.8 Å². The first-order valence-corrected chi connectivity index (χ1v) is 8.80. The van der Waals surface area contributed by atoms with Crippen LogP contribution in [0.3, 0.4) is 0 Å². The maximum atomic E-state index is 12.2. The van der Waals surface area contributed by atoms with Gasteiger partial charge in [0, 0.05) is 25.7 Å². The molecule has 9 nitrogen and oxygen atoms in total. The number of halogens is 1. The molecule has 150 valence electrons. The van der Waals surface area contributed by atoms with Gasteiger partial charge in [0.1, 0.15) is 23.1 Å². The largest absolute Gasteiger partial charge is 0.491 e. The van der Waals surface area contributed by atoms with Crippen LogP contribution in [0.15, 0.2) is 6.07 Å². The molecule has 0 unspecified atom stereocenters. The number of hydrogen-bond donors (Lipinski definition) is 2. The summed E-state index contributed by atoms with van der Waals surface area (Å²) in [4.78, 5) is 29.2. The fourth-order valence-electron chi connectivity index (χ4n) is 2.55. The summed E-state index contributed by atoms with van der Waals surface area (Å²) in [5.74, 6) is -1.31. The Labute approximate surface area is 162 Å². The molecule has 2 heterocycles. The second-order valence-electron chi connectivity index (χ2n) is 7.02. The molecule has 2 rings (SSSR count). The van der Waals surface area contributed by atoms with Crippen molar-refractivity contribution in [2.24, 2.45) is 0 Å². The first-order chi connectivity index (χ1) is 12.6. The van der Waals surface area contributed by atoms with E-state index >= 15 is 0 Å². The fraction of sp³-hybridized carbons (Fsp3) is 0.588. The van der Waals surface area contributed by atoms with Gasteiger partial charge in [0.2, 0.25) is 5.88 Å². The van der Waals surface area contributed by atoms with Crippen molar-refractivity contribution in [2.75, 3.05) is 33.4 Å². The summed E-state index contributed by atoms with van der Waals surface area (Å²) in [5.41, 5.74) is -0.781. The Morgan fingerprint density at radius 3 is 2.74 bits per heavy atom. The lowest BCUT2D eigenvalue weighted by molar-refractivity contribution is 0.0178. The topological polar surface area (TPSA) is 110 Å². The Bertz CT molecular complexity index is 707. The van der Waals surface area contributed by atoms with Gasteiger partial charge in [-0.3, -0.25) is 0 Å². The number of methoxy groups -OCH3 is 1. The molecule has 1 atom stereocenters. The van der Waals surface area contributed by atoms with Crippen LogP contribution in [0, 0.1) is 0 Å². The summed E-state index contributed by atoms with van der Waals surface area (Å²) in [7, 11) is 1.30. The molecule has 1 amide bonds. The highest BCUT2D eigenvalue weighted by Crippen LogP contribution is 2.30. The van der Waals surface area contributed by atoms with E-state index in [-0.39, 0.29) is 35.0 Å². The molecule has 0 radical (unpaired) electrons. The normalized spacial score (nSPS) is 17.4. The zero-order valence-electron chi connectivity index (χ0n) is 15.7. The van der Waals surface area contributed by atoms with Crippen LogP contribution < -0.4 is 14.8 Å². The summed E-state index contributed by atoms with van der Waals surface area (Å²) in [6, 6.07) is 1.12. The first kappa shape index (κ1) is 21.0. The number of aromatic carboxylic acids is 1. The molecule has 0 aromatic carbocycles. The number of amides is 1. The lowest BCUT2D eigenvalue weighted by Gasteiger charge is -2.34. The number of rotatable bonds is 5. The van der Waals surface area contributed by atoms with Gasteiger partial charge in [0.15, 0.2) is 5.56 Å². The van der Waals surface area contributed by atoms with Crippen LogP contribution in [0.4, 0.5) is 4.79 Å². The van der Waals surface area contributed by atoms with Crippen LogP contribution in [0.5, 0.6) is 11.6 Å². The average Bonchev–Trinajstić information content (AvgIpc) is 2.57. The van der Waals surface area contributed by atoms with Gasteiger partial charge in [-0.1, -0.05) is 11.6 Å². The van der Waals surface area contributed by atoms with Gasteiger partial charge in [-0.25, -0.2) is 14.6 Å². The van der Waals surface area contributed by atoms with Crippen molar-refractivity contribution in [1.82, 2.24) is 15.2 Å². The maximum absolute atomic E-state index is 12.2. The van der Waals surface area contributed by atoms with Crippen molar-refractivity contribution in [3.63, 3.8) is 0 Å². The molecule has 27 heavy (non-hydrogen) atoms. The Morgan fingerprint density at radius 1 is 1.44 bits per heavy atom. The summed E-state index contributed by atoms with van der Waals surface area (Å²) in [6.07, 6.45) is -0.395. The monoisotopic (exact) mass is 401 g/mol. The number of nitrogens with one attached hydrogen (secondary N) is 1. The molecule has 0 spiro atoms. The predicted octanol–water partition coefficient (Wildman–Crippen LogP) is 2.03. The minimum atomic E-state index is -1.24. The van der Waals surface area contributed by atoms with Crippen molar-refractivity contribution >= 4 is 23.7 Å². The van der Waals surface area contributed by atoms with E-state index in [9.17, 15) is 14.7 Å². The molecule has 1 fully saturated rings. The minimum absolute atomic E-state index is 0.0514. The van der Waals surface area contributed by atoms with Crippen molar-refractivity contribution < 1.29 is 28.9 Å². The lowest BCUT2D eigenvalue weighted by Crippen LogP contribution is -2.55. The van der Waals surface area contributed by atoms with Crippen LogP contribution in [-0.2, 0) is 4.74 Å². The second kappa shape index (κ2) is 8.62. The molecule has 0 saturated carbocycles. The van der Waals surface area contributed by atoms with Crippen molar-refractivity contribution in [2.45, 2.75) is 32.4 Å². The number of hydrogen-bond acceptors (Lipinski definition) is 7. The van der Waals surface area contributed by atoms with Gasteiger partial charge in [0.25, 0.3) is 0 Å². The van der Waals surface area contributed by atoms with Gasteiger partial charge < -0.3 is 29.5 Å². The highest BCUT2D eigenvalue weighted by Gasteiger charge is 2.28. The van der Waals surface area contributed by atoms with E-state index < -0.39 is 17.7 Å². The Morgan fingerprint density at radius 2 is 2.15 bits per heavy atom. The number of carboxylic acids is 1. The van der Waals surface area contributed by atoms with E-state index in [1.807, 2.05) is 20.8 Å². The van der Waals surface area contributed by atoms with Crippen LogP contribution in [-0.4, -0.2) is 72.0 Å². The van der Waals surface area contributed by atoms with Crippen LogP contribution >= 0.6 is 11.6 Å². The molecule has 1 saturated heterocycles. The van der Waals surface area contributed by atoms with Gasteiger partial charge in [-0.15, -0.1) is 0 Å². The number of nitrogens with zero attached hydrogens (tertiary/aromatic N) is 2. The Balaban J connectivity index is 2.05. The third-order valence-electron chi connectivity index (χ3n) is 3.67. The maximum Gasteiger partial charge on any atom is 0.410 e. The lowest BCUT2D eigenvalue weighted by atomic mass is 10.2. The highest BCUT2D eigenvalue weighted by atomic mass is 35.5. The van der Waals surface area contributed by atoms with Crippen LogP contribution in [0.1, 0.15) is 31.1 Å². The first-order valence-electron chi connectivity index (χ1n) is 8.42. The number of piperazine rings is 1. The van der Waals surface area contributed by atoms with E-state index in [0.717, 1.165) is 0 Å². The van der Waals surface area contributed by atoms with Crippen LogP contribution in [0.2, 0.25) is 5.15 Å². The van der Waals surface area contributed by atoms with E-state index in [1.54, 1.807) is 4.90 Å². The van der Waals surface area contributed by atoms with Crippen LogP contribution in [0.25, 0.3) is 0 Å². The van der Waals surface area contributed by atoms with E-state index in [4.69, 9.17) is 25.8 Å². The third-order valence-corrected chi connectivity index (χ3v) is 3.87. The smallest absolute Gasteiger partial charge is 0.410 e. The number of carbonyl (C=O) groups excluding carboxylic acids is 1. The van der Waals surface area contributed by atoms with Gasteiger partial charge in [-0.2, -0.15) is 0 Å². The average molecular weight is 402 g/mol. The quantitative estimate of drug-likeness (QED) is 0.721. The zero-order valence-corrected chi connectivity index (χ0v) is 16.5. The summed E-state index contributed by atoms with van der Waals surface area (Å²) in [6.45, 7) is 7.00. The number of aromatic nitrogens is 1. The Kier molecular flexibility index (Phi) is 6.72. The standard InChI is InChI=1S/C17H24ClN3O6/c1-17(2,3)27-16(24)21-6-5-19-10(8-21)9-26-11-7-12(18)20-14(25-4)13(11)15(22)23/h7,10,19H,5-6,8-9H2,1-4H3,(H,22,23)/t10-/m1/s1. The molecule has 2 N–H and O–H groups in total. The molecule has 0 aliphatic carbocycles. The zero-order chi connectivity index (χ0) is 20.2.